The fourth-order valence-corrected chi connectivity index (χ4v) is 5.87. The lowest BCUT2D eigenvalue weighted by Crippen LogP contribution is -2.40. The lowest BCUT2D eigenvalue weighted by atomic mass is 10.2. The third-order valence-electron chi connectivity index (χ3n) is 5.62. The molecular weight excluding hydrogens is 464 g/mol. The topological polar surface area (TPSA) is 109 Å². The zero-order valence-electron chi connectivity index (χ0n) is 18.4. The number of morpholine rings is 1. The van der Waals surface area contributed by atoms with Gasteiger partial charge in [-0.1, -0.05) is 6.07 Å². The molecule has 2 aliphatic rings. The molecule has 0 aliphatic carbocycles. The summed E-state index contributed by atoms with van der Waals surface area (Å²) in [6.45, 7) is 3.30. The molecule has 1 aromatic carbocycles. The van der Waals surface area contributed by atoms with Gasteiger partial charge < -0.3 is 25.4 Å². The van der Waals surface area contributed by atoms with Gasteiger partial charge in [-0.15, -0.1) is 11.3 Å². The van der Waals surface area contributed by atoms with Gasteiger partial charge in [0.1, 0.15) is 0 Å². The Bertz CT molecular complexity index is 1020. The van der Waals surface area contributed by atoms with Crippen LogP contribution in [0.1, 0.15) is 17.7 Å². The fourth-order valence-electron chi connectivity index (χ4n) is 3.79. The van der Waals surface area contributed by atoms with Crippen LogP contribution in [0.3, 0.4) is 0 Å². The predicted molar refractivity (Wildman–Crippen MR) is 128 cm³/mol. The summed E-state index contributed by atoms with van der Waals surface area (Å²) in [4.78, 5) is 13.6. The molecule has 0 bridgehead atoms. The Hall–Kier alpha value is -2.18. The van der Waals surface area contributed by atoms with E-state index in [1.807, 2.05) is 17.5 Å². The average molecular weight is 495 g/mol. The van der Waals surface area contributed by atoms with Crippen molar-refractivity contribution in [1.82, 2.24) is 9.62 Å². The van der Waals surface area contributed by atoms with Gasteiger partial charge in [0, 0.05) is 31.1 Å². The number of benzene rings is 1. The zero-order chi connectivity index (χ0) is 23.1. The van der Waals surface area contributed by atoms with Gasteiger partial charge in [0.05, 0.1) is 48.7 Å². The maximum absolute atomic E-state index is 13.1. The van der Waals surface area contributed by atoms with Crippen LogP contribution in [-0.2, 0) is 30.8 Å². The number of hydrogen-bond acceptors (Lipinski definition) is 8. The summed E-state index contributed by atoms with van der Waals surface area (Å²) in [6.07, 6.45) is 2.16. The van der Waals surface area contributed by atoms with Crippen LogP contribution in [0.25, 0.3) is 0 Å². The number of anilines is 2. The largest absolute Gasteiger partial charge is 0.381 e. The Kier molecular flexibility index (Phi) is 8.20. The molecule has 2 aromatic rings. The Labute approximate surface area is 198 Å². The monoisotopic (exact) mass is 494 g/mol. The Balaban J connectivity index is 1.46. The number of amides is 1. The van der Waals surface area contributed by atoms with Gasteiger partial charge in [0.2, 0.25) is 15.9 Å². The second kappa shape index (κ2) is 11.3. The molecule has 180 valence electrons. The van der Waals surface area contributed by atoms with E-state index in [1.54, 1.807) is 29.5 Å². The van der Waals surface area contributed by atoms with E-state index in [9.17, 15) is 13.2 Å². The van der Waals surface area contributed by atoms with E-state index in [0.717, 1.165) is 30.0 Å². The molecule has 2 saturated heterocycles. The minimum Gasteiger partial charge on any atom is -0.381 e. The van der Waals surface area contributed by atoms with Crippen molar-refractivity contribution < 1.29 is 22.7 Å². The molecule has 0 spiro atoms. The maximum atomic E-state index is 13.1. The molecule has 2 aliphatic heterocycles. The minimum atomic E-state index is -3.65. The van der Waals surface area contributed by atoms with Crippen LogP contribution in [0.2, 0.25) is 0 Å². The van der Waals surface area contributed by atoms with Crippen LogP contribution in [0.5, 0.6) is 0 Å². The first-order valence-corrected chi connectivity index (χ1v) is 13.4. The second-order valence-corrected chi connectivity index (χ2v) is 10.9. The molecule has 1 aromatic heterocycles. The van der Waals surface area contributed by atoms with Crippen LogP contribution in [-0.4, -0.2) is 70.7 Å². The molecule has 3 N–H and O–H groups in total. The van der Waals surface area contributed by atoms with Crippen molar-refractivity contribution in [3.63, 3.8) is 0 Å². The smallest absolute Gasteiger partial charge is 0.243 e. The van der Waals surface area contributed by atoms with E-state index in [1.165, 1.54) is 4.31 Å². The van der Waals surface area contributed by atoms with Crippen LogP contribution in [0, 0.1) is 0 Å². The van der Waals surface area contributed by atoms with Gasteiger partial charge in [0.15, 0.2) is 0 Å². The van der Waals surface area contributed by atoms with Crippen molar-refractivity contribution >= 4 is 38.6 Å². The molecule has 0 saturated carbocycles. The standard InChI is InChI=1S/C22H30N4O5S2/c27-22(25-15-18-4-2-12-32-18)16-24-21-13-19(33(28,29)26-7-10-30-11-8-26)5-6-20(21)23-14-17-3-1-9-31-17/h2,4-6,12-13,17,23-24H,1,3,7-11,14-16H2,(H,25,27). The zero-order valence-corrected chi connectivity index (χ0v) is 20.1. The van der Waals surface area contributed by atoms with E-state index >= 15 is 0 Å². The molecule has 1 atom stereocenters. The van der Waals surface area contributed by atoms with Gasteiger partial charge in [-0.2, -0.15) is 4.31 Å². The number of thiophene rings is 1. The van der Waals surface area contributed by atoms with Crippen molar-refractivity contribution in [2.24, 2.45) is 0 Å². The van der Waals surface area contributed by atoms with Crippen molar-refractivity contribution in [2.45, 2.75) is 30.4 Å². The van der Waals surface area contributed by atoms with Crippen LogP contribution in [0.15, 0.2) is 40.6 Å². The van der Waals surface area contributed by atoms with Crippen LogP contribution < -0.4 is 16.0 Å². The van der Waals surface area contributed by atoms with Gasteiger partial charge in [-0.25, -0.2) is 8.42 Å². The molecule has 33 heavy (non-hydrogen) atoms. The molecule has 0 radical (unpaired) electrons. The van der Waals surface area contributed by atoms with Crippen molar-refractivity contribution in [2.75, 3.05) is 56.6 Å². The van der Waals surface area contributed by atoms with Crippen LogP contribution in [0.4, 0.5) is 11.4 Å². The number of nitrogens with one attached hydrogen (secondary N) is 3. The predicted octanol–water partition coefficient (Wildman–Crippen LogP) is 2.09. The summed E-state index contributed by atoms with van der Waals surface area (Å²) >= 11 is 1.58. The molecule has 3 heterocycles. The lowest BCUT2D eigenvalue weighted by molar-refractivity contribution is -0.119. The van der Waals surface area contributed by atoms with E-state index < -0.39 is 10.0 Å². The average Bonchev–Trinajstić information content (AvgIpc) is 3.55. The van der Waals surface area contributed by atoms with E-state index in [4.69, 9.17) is 9.47 Å². The molecule has 2 fully saturated rings. The van der Waals surface area contributed by atoms with Gasteiger partial charge in [0.25, 0.3) is 0 Å². The number of hydrogen-bond donors (Lipinski definition) is 3. The number of carbonyl (C=O) groups is 1. The lowest BCUT2D eigenvalue weighted by Gasteiger charge is -2.26. The third-order valence-corrected chi connectivity index (χ3v) is 8.39. The molecule has 1 amide bonds. The number of carbonyl (C=O) groups excluding carboxylic acids is 1. The normalized spacial score (nSPS) is 19.3. The van der Waals surface area contributed by atoms with Crippen molar-refractivity contribution in [3.8, 4) is 0 Å². The number of sulfonamides is 1. The highest BCUT2D eigenvalue weighted by Gasteiger charge is 2.27. The molecule has 1 unspecified atom stereocenters. The fraction of sp³-hybridized carbons (Fsp3) is 0.500. The summed E-state index contributed by atoms with van der Waals surface area (Å²) in [5, 5.41) is 11.3. The summed E-state index contributed by atoms with van der Waals surface area (Å²) in [6, 6.07) is 8.84. The SMILES string of the molecule is O=C(CNc1cc(S(=O)(=O)N2CCOCC2)ccc1NCC1CCCO1)NCc1cccs1. The molecule has 11 heteroatoms. The highest BCUT2D eigenvalue weighted by atomic mass is 32.2. The number of rotatable bonds is 10. The minimum absolute atomic E-state index is 0.0288. The third kappa shape index (κ3) is 6.45. The first-order chi connectivity index (χ1) is 16.0. The van der Waals surface area contributed by atoms with Gasteiger partial charge in [-0.05, 0) is 42.5 Å². The Morgan fingerprint density at radius 2 is 1.97 bits per heavy atom. The first kappa shape index (κ1) is 24.0. The summed E-state index contributed by atoms with van der Waals surface area (Å²) < 4.78 is 38.6. The molecule has 4 rings (SSSR count). The van der Waals surface area contributed by atoms with Crippen molar-refractivity contribution in [3.05, 3.63) is 40.6 Å². The Morgan fingerprint density at radius 3 is 2.70 bits per heavy atom. The summed E-state index contributed by atoms with van der Waals surface area (Å²) in [5.74, 6) is -0.171. The first-order valence-electron chi connectivity index (χ1n) is 11.1. The van der Waals surface area contributed by atoms with Crippen molar-refractivity contribution in [1.29, 1.82) is 0 Å². The maximum Gasteiger partial charge on any atom is 0.243 e. The molecular formula is C22H30N4O5S2. The molecule has 9 nitrogen and oxygen atoms in total. The summed E-state index contributed by atoms with van der Waals surface area (Å²) in [7, 11) is -3.65. The van der Waals surface area contributed by atoms with Gasteiger partial charge in [-0.3, -0.25) is 4.79 Å². The van der Waals surface area contributed by atoms with Crippen LogP contribution >= 0.6 is 11.3 Å². The second-order valence-electron chi connectivity index (χ2n) is 7.95. The quantitative estimate of drug-likeness (QED) is 0.464. The number of nitrogens with zero attached hydrogens (tertiary/aromatic N) is 1. The highest BCUT2D eigenvalue weighted by molar-refractivity contribution is 7.89. The van der Waals surface area contributed by atoms with E-state index in [0.29, 0.717) is 45.1 Å². The van der Waals surface area contributed by atoms with E-state index in [-0.39, 0.29) is 23.5 Å². The Morgan fingerprint density at radius 1 is 1.12 bits per heavy atom. The van der Waals surface area contributed by atoms with E-state index in [2.05, 4.69) is 16.0 Å². The van der Waals surface area contributed by atoms with Gasteiger partial charge >= 0.3 is 0 Å². The summed E-state index contributed by atoms with van der Waals surface area (Å²) in [5.41, 5.74) is 1.30. The highest BCUT2D eigenvalue weighted by Crippen LogP contribution is 2.28. The number of ether oxygens (including phenoxy) is 2.